The van der Waals surface area contributed by atoms with E-state index in [1.807, 2.05) is 50.4 Å². The molecule has 0 aliphatic heterocycles. The fraction of sp³-hybridized carbons (Fsp3) is 0.350. The number of ether oxygens (including phenoxy) is 1. The van der Waals surface area contributed by atoms with Gasteiger partial charge in [-0.3, -0.25) is 0 Å². The number of aliphatic hydroxyl groups is 1. The number of aromatic nitrogens is 2. The molecule has 0 amide bonds. The quantitative estimate of drug-likeness (QED) is 0.694. The average Bonchev–Trinajstić information content (AvgIpc) is 2.97. The number of nitrogens with zero attached hydrogens (tertiary/aromatic N) is 2. The molecule has 0 spiro atoms. The molecule has 1 unspecified atom stereocenters. The summed E-state index contributed by atoms with van der Waals surface area (Å²) in [6.45, 7) is 7.14. The number of rotatable bonds is 7. The minimum atomic E-state index is -0.586. The van der Waals surface area contributed by atoms with Crippen LogP contribution in [0.4, 0.5) is 0 Å². The second-order valence-corrected chi connectivity index (χ2v) is 6.57. The van der Waals surface area contributed by atoms with E-state index < -0.39 is 6.10 Å². The second-order valence-electron chi connectivity index (χ2n) is 6.57. The largest absolute Gasteiger partial charge is 0.491 e. The van der Waals surface area contributed by atoms with E-state index in [-0.39, 0.29) is 6.10 Å². The van der Waals surface area contributed by atoms with Gasteiger partial charge in [-0.05, 0) is 50.1 Å². The van der Waals surface area contributed by atoms with Crippen LogP contribution in [0.2, 0.25) is 0 Å². The van der Waals surface area contributed by atoms with E-state index in [4.69, 9.17) is 4.74 Å². The van der Waals surface area contributed by atoms with Gasteiger partial charge in [0.15, 0.2) is 0 Å². The van der Waals surface area contributed by atoms with Gasteiger partial charge < -0.3 is 19.6 Å². The molecular formula is C20H25N3O2. The number of aliphatic hydroxyl groups excluding tert-OH is 1. The second kappa shape index (κ2) is 7.68. The zero-order valence-electron chi connectivity index (χ0n) is 14.9. The van der Waals surface area contributed by atoms with Gasteiger partial charge in [-0.2, -0.15) is 0 Å². The van der Waals surface area contributed by atoms with Gasteiger partial charge in [-0.15, -0.1) is 0 Å². The predicted octanol–water partition coefficient (Wildman–Crippen LogP) is 3.25. The molecule has 5 nitrogen and oxygen atoms in total. The van der Waals surface area contributed by atoms with Crippen molar-refractivity contribution in [2.75, 3.05) is 6.54 Å². The Morgan fingerprint density at radius 2 is 2.08 bits per heavy atom. The lowest BCUT2D eigenvalue weighted by Crippen LogP contribution is -2.21. The van der Waals surface area contributed by atoms with E-state index in [1.54, 1.807) is 0 Å². The first-order valence-corrected chi connectivity index (χ1v) is 8.61. The maximum absolute atomic E-state index is 10.4. The minimum Gasteiger partial charge on any atom is -0.491 e. The van der Waals surface area contributed by atoms with Crippen molar-refractivity contribution in [1.82, 2.24) is 14.7 Å². The lowest BCUT2D eigenvalue weighted by atomic mass is 10.1. The maximum atomic E-state index is 10.4. The molecule has 3 rings (SSSR count). The number of aryl methyl sites for hydroxylation is 1. The third kappa shape index (κ3) is 4.38. The minimum absolute atomic E-state index is 0.115. The Morgan fingerprint density at radius 1 is 1.24 bits per heavy atom. The summed E-state index contributed by atoms with van der Waals surface area (Å²) in [6, 6.07) is 11.7. The molecule has 1 atom stereocenters. The van der Waals surface area contributed by atoms with E-state index in [1.165, 1.54) is 5.56 Å². The molecule has 3 aromatic rings. The first kappa shape index (κ1) is 17.5. The van der Waals surface area contributed by atoms with Gasteiger partial charge in [0.2, 0.25) is 0 Å². The Balaban J connectivity index is 1.60. The number of benzene rings is 1. The van der Waals surface area contributed by atoms with Crippen molar-refractivity contribution in [2.45, 2.75) is 39.5 Å². The molecule has 5 heteroatoms. The first-order valence-electron chi connectivity index (χ1n) is 8.61. The Kier molecular flexibility index (Phi) is 5.36. The molecule has 25 heavy (non-hydrogen) atoms. The highest BCUT2D eigenvalue weighted by Gasteiger charge is 2.10. The van der Waals surface area contributed by atoms with Crippen LogP contribution in [0.5, 0.6) is 5.75 Å². The van der Waals surface area contributed by atoms with Crippen LogP contribution in [-0.2, 0) is 6.54 Å². The van der Waals surface area contributed by atoms with Gasteiger partial charge in [-0.1, -0.05) is 18.2 Å². The molecule has 0 radical (unpaired) electrons. The zero-order chi connectivity index (χ0) is 17.8. The number of nitrogens with one attached hydrogen (secondary N) is 1. The molecule has 0 saturated heterocycles. The third-order valence-corrected chi connectivity index (χ3v) is 3.99. The van der Waals surface area contributed by atoms with Crippen molar-refractivity contribution in [3.8, 4) is 5.75 Å². The van der Waals surface area contributed by atoms with Crippen molar-refractivity contribution >= 4 is 5.65 Å². The van der Waals surface area contributed by atoms with Crippen molar-refractivity contribution < 1.29 is 9.84 Å². The third-order valence-electron chi connectivity index (χ3n) is 3.99. The predicted molar refractivity (Wildman–Crippen MR) is 98.8 cm³/mol. The van der Waals surface area contributed by atoms with Crippen molar-refractivity contribution in [2.24, 2.45) is 0 Å². The monoisotopic (exact) mass is 339 g/mol. The first-order chi connectivity index (χ1) is 12.0. The van der Waals surface area contributed by atoms with Crippen LogP contribution in [0.1, 0.15) is 36.8 Å². The standard InChI is InChI=1S/C20H25N3O2/c1-14(2)25-18-6-4-5-16(9-18)19(24)12-21-10-17-11-22-20-8-7-15(3)13-23(17)20/h4-9,11,13-14,19,21,24H,10,12H2,1-3H3. The number of hydrogen-bond acceptors (Lipinski definition) is 4. The number of imidazole rings is 1. The van der Waals surface area contributed by atoms with E-state index in [2.05, 4.69) is 33.9 Å². The lowest BCUT2D eigenvalue weighted by Gasteiger charge is -2.15. The van der Waals surface area contributed by atoms with Gasteiger partial charge in [0, 0.05) is 19.3 Å². The molecular weight excluding hydrogens is 314 g/mol. The van der Waals surface area contributed by atoms with E-state index in [0.717, 1.165) is 22.7 Å². The summed E-state index contributed by atoms with van der Waals surface area (Å²) >= 11 is 0. The molecule has 0 saturated carbocycles. The maximum Gasteiger partial charge on any atom is 0.136 e. The van der Waals surface area contributed by atoms with Gasteiger partial charge in [0.25, 0.3) is 0 Å². The molecule has 0 aliphatic rings. The summed E-state index contributed by atoms with van der Waals surface area (Å²) in [6.07, 6.45) is 3.47. The van der Waals surface area contributed by atoms with Crippen LogP contribution >= 0.6 is 0 Å². The molecule has 0 fully saturated rings. The topological polar surface area (TPSA) is 58.8 Å². The summed E-state index contributed by atoms with van der Waals surface area (Å²) in [4.78, 5) is 4.40. The molecule has 2 heterocycles. The molecule has 2 aromatic heterocycles. The molecule has 0 aliphatic carbocycles. The number of fused-ring (bicyclic) bond motifs is 1. The van der Waals surface area contributed by atoms with Crippen molar-refractivity contribution in [1.29, 1.82) is 0 Å². The SMILES string of the molecule is Cc1ccc2ncc(CNCC(O)c3cccc(OC(C)C)c3)n2c1. The van der Waals surface area contributed by atoms with E-state index in [0.29, 0.717) is 13.1 Å². The zero-order valence-corrected chi connectivity index (χ0v) is 14.9. The number of pyridine rings is 1. The van der Waals surface area contributed by atoms with Gasteiger partial charge in [-0.25, -0.2) is 4.98 Å². The Hall–Kier alpha value is -2.37. The van der Waals surface area contributed by atoms with Crippen molar-refractivity contribution in [3.05, 3.63) is 65.6 Å². The Labute approximate surface area is 148 Å². The van der Waals surface area contributed by atoms with E-state index >= 15 is 0 Å². The fourth-order valence-corrected chi connectivity index (χ4v) is 2.79. The Bertz CT molecular complexity index is 842. The highest BCUT2D eigenvalue weighted by molar-refractivity contribution is 5.41. The van der Waals surface area contributed by atoms with Crippen LogP contribution in [0, 0.1) is 6.92 Å². The van der Waals surface area contributed by atoms with Gasteiger partial charge in [0.05, 0.1) is 24.1 Å². The number of hydrogen-bond donors (Lipinski definition) is 2. The van der Waals surface area contributed by atoms with Crippen LogP contribution in [0.25, 0.3) is 5.65 Å². The highest BCUT2D eigenvalue weighted by Crippen LogP contribution is 2.20. The summed E-state index contributed by atoms with van der Waals surface area (Å²) in [5, 5.41) is 13.7. The lowest BCUT2D eigenvalue weighted by molar-refractivity contribution is 0.173. The normalized spacial score (nSPS) is 12.7. The molecule has 2 N–H and O–H groups in total. The average molecular weight is 339 g/mol. The van der Waals surface area contributed by atoms with Crippen LogP contribution < -0.4 is 10.1 Å². The Morgan fingerprint density at radius 3 is 2.88 bits per heavy atom. The van der Waals surface area contributed by atoms with Crippen LogP contribution in [-0.4, -0.2) is 27.1 Å². The fourth-order valence-electron chi connectivity index (χ4n) is 2.79. The van der Waals surface area contributed by atoms with Gasteiger partial charge in [0.1, 0.15) is 11.4 Å². The summed E-state index contributed by atoms with van der Waals surface area (Å²) in [7, 11) is 0. The van der Waals surface area contributed by atoms with E-state index in [9.17, 15) is 5.11 Å². The highest BCUT2D eigenvalue weighted by atomic mass is 16.5. The van der Waals surface area contributed by atoms with Crippen LogP contribution in [0.15, 0.2) is 48.8 Å². The molecule has 132 valence electrons. The smallest absolute Gasteiger partial charge is 0.136 e. The van der Waals surface area contributed by atoms with Crippen LogP contribution in [0.3, 0.4) is 0 Å². The summed E-state index contributed by atoms with van der Waals surface area (Å²) in [5.41, 5.74) is 4.04. The molecule has 1 aromatic carbocycles. The molecule has 0 bridgehead atoms. The van der Waals surface area contributed by atoms with Crippen molar-refractivity contribution in [3.63, 3.8) is 0 Å². The summed E-state index contributed by atoms with van der Waals surface area (Å²) in [5.74, 6) is 0.781. The summed E-state index contributed by atoms with van der Waals surface area (Å²) < 4.78 is 7.76. The van der Waals surface area contributed by atoms with Gasteiger partial charge >= 0.3 is 0 Å².